The maximum absolute atomic E-state index is 12.7. The highest BCUT2D eigenvalue weighted by Gasteiger charge is 2.32. The van der Waals surface area contributed by atoms with Gasteiger partial charge in [0, 0.05) is 30.4 Å². The van der Waals surface area contributed by atoms with Gasteiger partial charge in [-0.1, -0.05) is 20.8 Å². The molecule has 2 rings (SSSR count). The van der Waals surface area contributed by atoms with Gasteiger partial charge >= 0.3 is 6.03 Å². The van der Waals surface area contributed by atoms with E-state index < -0.39 is 0 Å². The van der Waals surface area contributed by atoms with Gasteiger partial charge in [-0.3, -0.25) is 4.79 Å². The van der Waals surface area contributed by atoms with Gasteiger partial charge in [0.2, 0.25) is 0 Å². The summed E-state index contributed by atoms with van der Waals surface area (Å²) >= 11 is 0. The second-order valence-corrected chi connectivity index (χ2v) is 7.81. The number of hydrogen-bond donors (Lipinski definition) is 2. The van der Waals surface area contributed by atoms with E-state index in [9.17, 15) is 9.59 Å². The lowest BCUT2D eigenvalue weighted by molar-refractivity contribution is -0.0706. The van der Waals surface area contributed by atoms with Gasteiger partial charge in [0.15, 0.2) is 0 Å². The van der Waals surface area contributed by atoms with Crippen molar-refractivity contribution in [3.8, 4) is 0 Å². The second kappa shape index (κ2) is 7.87. The Labute approximate surface area is 149 Å². The molecular weight excluding hydrogens is 318 g/mol. The minimum absolute atomic E-state index is 0.00347. The van der Waals surface area contributed by atoms with Crippen LogP contribution < -0.4 is 10.6 Å². The summed E-state index contributed by atoms with van der Waals surface area (Å²) in [5.41, 5.74) is 1.27. The van der Waals surface area contributed by atoms with Crippen LogP contribution in [0.4, 0.5) is 10.5 Å². The summed E-state index contributed by atoms with van der Waals surface area (Å²) in [4.78, 5) is 26.3. The summed E-state index contributed by atoms with van der Waals surface area (Å²) in [6.45, 7) is 11.9. The highest BCUT2D eigenvalue weighted by atomic mass is 16.5. The average molecular weight is 347 g/mol. The highest BCUT2D eigenvalue weighted by Crippen LogP contribution is 2.26. The van der Waals surface area contributed by atoms with Crippen LogP contribution >= 0.6 is 0 Å². The number of urea groups is 1. The molecule has 6 heteroatoms. The molecule has 1 saturated heterocycles. The predicted molar refractivity (Wildman–Crippen MR) is 98.8 cm³/mol. The molecule has 0 aromatic heterocycles. The average Bonchev–Trinajstić information content (AvgIpc) is 2.53. The number of anilines is 1. The fourth-order valence-electron chi connectivity index (χ4n) is 2.67. The molecule has 25 heavy (non-hydrogen) atoms. The number of hydrogen-bond acceptors (Lipinski definition) is 3. The number of benzene rings is 1. The van der Waals surface area contributed by atoms with Gasteiger partial charge in [-0.25, -0.2) is 4.79 Å². The van der Waals surface area contributed by atoms with E-state index in [1.807, 2.05) is 18.7 Å². The van der Waals surface area contributed by atoms with Crippen molar-refractivity contribution < 1.29 is 14.3 Å². The molecular formula is C19H29N3O3. The minimum Gasteiger partial charge on any atom is -0.374 e. The number of morpholine rings is 1. The zero-order chi connectivity index (χ0) is 18.6. The van der Waals surface area contributed by atoms with Crippen LogP contribution in [0.1, 0.15) is 45.0 Å². The molecule has 1 fully saturated rings. The zero-order valence-corrected chi connectivity index (χ0v) is 15.8. The molecule has 1 aliphatic heterocycles. The third kappa shape index (κ3) is 5.46. The van der Waals surface area contributed by atoms with Crippen LogP contribution in [0.3, 0.4) is 0 Å². The molecule has 3 amide bonds. The van der Waals surface area contributed by atoms with Crippen molar-refractivity contribution in [3.63, 3.8) is 0 Å². The number of carbonyl (C=O) groups is 2. The molecule has 1 aromatic carbocycles. The quantitative estimate of drug-likeness (QED) is 0.882. The maximum atomic E-state index is 12.7. The van der Waals surface area contributed by atoms with Crippen LogP contribution in [0.2, 0.25) is 0 Å². The highest BCUT2D eigenvalue weighted by molar-refractivity contribution is 5.95. The molecule has 0 saturated carbocycles. The van der Waals surface area contributed by atoms with E-state index in [1.54, 1.807) is 24.3 Å². The number of nitrogens with zero attached hydrogens (tertiary/aromatic N) is 1. The third-order valence-electron chi connectivity index (χ3n) is 4.13. The summed E-state index contributed by atoms with van der Waals surface area (Å²) in [5.74, 6) is -0.00395. The standard InChI is InChI=1S/C19H29N3O3/c1-13(2)20-18(24)21-15-8-6-14(7-9-15)17(23)22-10-11-25-16(12-22)19(3,4)5/h6-9,13,16H,10-12H2,1-5H3,(H2,20,21,24)/t16-/m1/s1. The molecule has 0 radical (unpaired) electrons. The number of carbonyl (C=O) groups excluding carboxylic acids is 2. The second-order valence-electron chi connectivity index (χ2n) is 7.81. The van der Waals surface area contributed by atoms with E-state index in [0.29, 0.717) is 30.9 Å². The number of amides is 3. The van der Waals surface area contributed by atoms with Crippen LogP contribution in [0.5, 0.6) is 0 Å². The lowest BCUT2D eigenvalue weighted by Gasteiger charge is -2.39. The monoisotopic (exact) mass is 347 g/mol. The molecule has 1 atom stereocenters. The van der Waals surface area contributed by atoms with Gasteiger partial charge in [0.25, 0.3) is 5.91 Å². The summed E-state index contributed by atoms with van der Waals surface area (Å²) in [5, 5.41) is 5.51. The molecule has 0 spiro atoms. The van der Waals surface area contributed by atoms with Gasteiger partial charge in [-0.2, -0.15) is 0 Å². The van der Waals surface area contributed by atoms with Crippen LogP contribution in [0, 0.1) is 5.41 Å². The molecule has 138 valence electrons. The van der Waals surface area contributed by atoms with Crippen LogP contribution in [0.15, 0.2) is 24.3 Å². The molecule has 0 bridgehead atoms. The Hall–Kier alpha value is -2.08. The maximum Gasteiger partial charge on any atom is 0.319 e. The SMILES string of the molecule is CC(C)NC(=O)Nc1ccc(C(=O)N2CCO[C@@H](C(C)(C)C)C2)cc1. The smallest absolute Gasteiger partial charge is 0.319 e. The van der Waals surface area contributed by atoms with Crippen molar-refractivity contribution in [2.24, 2.45) is 5.41 Å². The van der Waals surface area contributed by atoms with Gasteiger partial charge in [-0.15, -0.1) is 0 Å². The van der Waals surface area contributed by atoms with E-state index in [4.69, 9.17) is 4.74 Å². The van der Waals surface area contributed by atoms with Crippen molar-refractivity contribution in [2.45, 2.75) is 46.8 Å². The van der Waals surface area contributed by atoms with Crippen molar-refractivity contribution >= 4 is 17.6 Å². The topological polar surface area (TPSA) is 70.7 Å². The van der Waals surface area contributed by atoms with E-state index in [2.05, 4.69) is 31.4 Å². The Bertz CT molecular complexity index is 605. The van der Waals surface area contributed by atoms with Crippen molar-refractivity contribution in [1.82, 2.24) is 10.2 Å². The van der Waals surface area contributed by atoms with Gasteiger partial charge < -0.3 is 20.3 Å². The van der Waals surface area contributed by atoms with Crippen molar-refractivity contribution in [3.05, 3.63) is 29.8 Å². The van der Waals surface area contributed by atoms with Crippen LogP contribution in [-0.2, 0) is 4.74 Å². The lowest BCUT2D eigenvalue weighted by atomic mass is 9.88. The molecule has 0 unspecified atom stereocenters. The molecule has 1 aliphatic rings. The van der Waals surface area contributed by atoms with E-state index in [0.717, 1.165) is 0 Å². The molecule has 0 aliphatic carbocycles. The Balaban J connectivity index is 1.99. The summed E-state index contributed by atoms with van der Waals surface area (Å²) in [7, 11) is 0. The Morgan fingerprint density at radius 3 is 2.40 bits per heavy atom. The first-order chi connectivity index (χ1) is 11.7. The fourth-order valence-corrected chi connectivity index (χ4v) is 2.67. The van der Waals surface area contributed by atoms with Crippen molar-refractivity contribution in [1.29, 1.82) is 0 Å². The number of nitrogens with one attached hydrogen (secondary N) is 2. The minimum atomic E-state index is -0.254. The summed E-state index contributed by atoms with van der Waals surface area (Å²) in [6.07, 6.45) is 0.0332. The first-order valence-corrected chi connectivity index (χ1v) is 8.75. The Kier molecular flexibility index (Phi) is 6.06. The third-order valence-corrected chi connectivity index (χ3v) is 4.13. The molecule has 6 nitrogen and oxygen atoms in total. The fraction of sp³-hybridized carbons (Fsp3) is 0.579. The van der Waals surface area contributed by atoms with E-state index in [1.165, 1.54) is 0 Å². The molecule has 2 N–H and O–H groups in total. The van der Waals surface area contributed by atoms with E-state index >= 15 is 0 Å². The van der Waals surface area contributed by atoms with Crippen LogP contribution in [-0.4, -0.2) is 48.7 Å². The summed E-state index contributed by atoms with van der Waals surface area (Å²) < 4.78 is 5.80. The first-order valence-electron chi connectivity index (χ1n) is 8.75. The Morgan fingerprint density at radius 1 is 1.20 bits per heavy atom. The largest absolute Gasteiger partial charge is 0.374 e. The normalized spacial score (nSPS) is 18.2. The van der Waals surface area contributed by atoms with E-state index in [-0.39, 0.29) is 29.5 Å². The van der Waals surface area contributed by atoms with Gasteiger partial charge in [0.1, 0.15) is 0 Å². The molecule has 1 aromatic rings. The predicted octanol–water partition coefficient (Wildman–Crippen LogP) is 3.10. The zero-order valence-electron chi connectivity index (χ0n) is 15.8. The number of rotatable bonds is 3. The number of ether oxygens (including phenoxy) is 1. The lowest BCUT2D eigenvalue weighted by Crippen LogP contribution is -2.50. The van der Waals surface area contributed by atoms with Gasteiger partial charge in [0.05, 0.1) is 12.7 Å². The van der Waals surface area contributed by atoms with Gasteiger partial charge in [-0.05, 0) is 43.5 Å². The van der Waals surface area contributed by atoms with Crippen LogP contribution in [0.25, 0.3) is 0 Å². The molecule has 1 heterocycles. The Morgan fingerprint density at radius 2 is 1.84 bits per heavy atom. The first kappa shape index (κ1) is 19.2. The van der Waals surface area contributed by atoms with Crippen molar-refractivity contribution in [2.75, 3.05) is 25.0 Å². The summed E-state index contributed by atoms with van der Waals surface area (Å²) in [6, 6.07) is 6.79.